The van der Waals surface area contributed by atoms with Gasteiger partial charge >= 0.3 is 0 Å². The van der Waals surface area contributed by atoms with Crippen molar-refractivity contribution in [2.75, 3.05) is 11.9 Å². The maximum atomic E-state index is 12.8. The van der Waals surface area contributed by atoms with Gasteiger partial charge in [0.25, 0.3) is 5.91 Å². The second-order valence-corrected chi connectivity index (χ2v) is 6.68. The number of carbonyl (C=O) groups is 2. The van der Waals surface area contributed by atoms with Crippen LogP contribution in [0.15, 0.2) is 65.5 Å². The molecule has 1 saturated heterocycles. The molecule has 0 unspecified atom stereocenters. The Morgan fingerprint density at radius 2 is 1.97 bits per heavy atom. The van der Waals surface area contributed by atoms with E-state index in [0.717, 1.165) is 12.8 Å². The first kappa shape index (κ1) is 18.7. The first-order chi connectivity index (χ1) is 14.2. The fraction of sp³-hybridized carbons (Fsp3) is 0.238. The predicted molar refractivity (Wildman–Crippen MR) is 105 cm³/mol. The second-order valence-electron chi connectivity index (χ2n) is 6.68. The molecular weight excluding hydrogens is 372 g/mol. The highest BCUT2D eigenvalue weighted by atomic mass is 16.5. The predicted octanol–water partition coefficient (Wildman–Crippen LogP) is 3.50. The van der Waals surface area contributed by atoms with Crippen LogP contribution in [0.5, 0.6) is 11.6 Å². The molecule has 1 aliphatic heterocycles. The summed E-state index contributed by atoms with van der Waals surface area (Å²) in [5.41, 5.74) is 0.739. The van der Waals surface area contributed by atoms with E-state index in [1.165, 1.54) is 18.5 Å². The van der Waals surface area contributed by atoms with Crippen LogP contribution in [0.4, 0.5) is 5.69 Å². The fourth-order valence-corrected chi connectivity index (χ4v) is 3.27. The lowest BCUT2D eigenvalue weighted by Gasteiger charge is -2.34. The van der Waals surface area contributed by atoms with Crippen molar-refractivity contribution in [3.63, 3.8) is 0 Å². The minimum atomic E-state index is -0.562. The number of likely N-dealkylation sites (tertiary alicyclic amines) is 1. The average molecular weight is 392 g/mol. The number of aromatic nitrogens is 2. The summed E-state index contributed by atoms with van der Waals surface area (Å²) >= 11 is 0. The standard InChI is InChI=1S/C21H20N4O4/c26-20(18-8-4-5-12-25(18)21(27)17-11-13-28-24-17)23-15-9-10-19(22-14-15)29-16-6-2-1-3-7-16/h1-3,6-7,9-11,13-14,18H,4-5,8,12H2,(H,23,26)/t18-/m1/s1. The van der Waals surface area contributed by atoms with Crippen molar-refractivity contribution in [1.29, 1.82) is 0 Å². The summed E-state index contributed by atoms with van der Waals surface area (Å²) in [7, 11) is 0. The molecule has 1 aliphatic rings. The highest BCUT2D eigenvalue weighted by molar-refractivity contribution is 6.00. The van der Waals surface area contributed by atoms with Crippen molar-refractivity contribution < 1.29 is 18.8 Å². The second kappa shape index (κ2) is 8.55. The molecule has 1 fully saturated rings. The van der Waals surface area contributed by atoms with Gasteiger partial charge in [0.1, 0.15) is 18.1 Å². The molecule has 0 radical (unpaired) electrons. The summed E-state index contributed by atoms with van der Waals surface area (Å²) in [5, 5.41) is 6.53. The zero-order chi connectivity index (χ0) is 20.1. The lowest BCUT2D eigenvalue weighted by molar-refractivity contribution is -0.121. The summed E-state index contributed by atoms with van der Waals surface area (Å²) in [5.74, 6) is 0.555. The van der Waals surface area contributed by atoms with Crippen molar-refractivity contribution in [2.45, 2.75) is 25.3 Å². The molecule has 0 bridgehead atoms. The summed E-state index contributed by atoms with van der Waals surface area (Å²) in [6, 6.07) is 13.7. The maximum absolute atomic E-state index is 12.8. The van der Waals surface area contributed by atoms with Gasteiger partial charge in [-0.3, -0.25) is 9.59 Å². The van der Waals surface area contributed by atoms with Gasteiger partial charge < -0.3 is 19.5 Å². The molecule has 8 heteroatoms. The van der Waals surface area contributed by atoms with Crippen LogP contribution in [0.2, 0.25) is 0 Å². The van der Waals surface area contributed by atoms with Crippen LogP contribution in [0.25, 0.3) is 0 Å². The van der Waals surface area contributed by atoms with E-state index in [0.29, 0.717) is 30.3 Å². The molecule has 29 heavy (non-hydrogen) atoms. The van der Waals surface area contributed by atoms with Gasteiger partial charge in [0.15, 0.2) is 5.69 Å². The third kappa shape index (κ3) is 4.43. The molecule has 3 heterocycles. The number of nitrogens with zero attached hydrogens (tertiary/aromatic N) is 3. The molecule has 1 aromatic carbocycles. The molecular formula is C21H20N4O4. The van der Waals surface area contributed by atoms with Gasteiger partial charge in [-0.15, -0.1) is 0 Å². The van der Waals surface area contributed by atoms with Gasteiger partial charge in [-0.2, -0.15) is 0 Å². The number of rotatable bonds is 5. The van der Waals surface area contributed by atoms with Crippen molar-refractivity contribution in [1.82, 2.24) is 15.0 Å². The monoisotopic (exact) mass is 392 g/mol. The van der Waals surface area contributed by atoms with Crippen LogP contribution < -0.4 is 10.1 Å². The van der Waals surface area contributed by atoms with Gasteiger partial charge in [0.2, 0.25) is 11.8 Å². The first-order valence-corrected chi connectivity index (χ1v) is 9.42. The Morgan fingerprint density at radius 1 is 1.10 bits per heavy atom. The zero-order valence-corrected chi connectivity index (χ0v) is 15.7. The van der Waals surface area contributed by atoms with Crippen LogP contribution in [0, 0.1) is 0 Å². The molecule has 3 aromatic rings. The summed E-state index contributed by atoms with van der Waals surface area (Å²) in [6.45, 7) is 0.506. The molecule has 8 nitrogen and oxygen atoms in total. The van der Waals surface area contributed by atoms with E-state index in [1.54, 1.807) is 17.0 Å². The lowest BCUT2D eigenvalue weighted by atomic mass is 10.0. The quantitative estimate of drug-likeness (QED) is 0.714. The smallest absolute Gasteiger partial charge is 0.276 e. The Kier molecular flexibility index (Phi) is 5.51. The van der Waals surface area contributed by atoms with Crippen molar-refractivity contribution >= 4 is 17.5 Å². The Balaban J connectivity index is 1.41. The zero-order valence-electron chi connectivity index (χ0n) is 15.7. The van der Waals surface area contributed by atoms with Gasteiger partial charge in [-0.05, 0) is 37.5 Å². The largest absolute Gasteiger partial charge is 0.439 e. The number of amides is 2. The van der Waals surface area contributed by atoms with E-state index in [2.05, 4.69) is 15.5 Å². The molecule has 0 saturated carbocycles. The molecule has 2 amide bonds. The number of para-hydroxylation sites is 1. The molecule has 4 rings (SSSR count). The van der Waals surface area contributed by atoms with Gasteiger partial charge in [0.05, 0.1) is 11.9 Å². The molecule has 0 aliphatic carbocycles. The number of pyridine rings is 1. The lowest BCUT2D eigenvalue weighted by Crippen LogP contribution is -2.50. The highest BCUT2D eigenvalue weighted by Crippen LogP contribution is 2.23. The van der Waals surface area contributed by atoms with E-state index in [-0.39, 0.29) is 17.5 Å². The minimum absolute atomic E-state index is 0.203. The van der Waals surface area contributed by atoms with E-state index >= 15 is 0 Å². The van der Waals surface area contributed by atoms with E-state index in [9.17, 15) is 9.59 Å². The number of carbonyl (C=O) groups excluding carboxylic acids is 2. The highest BCUT2D eigenvalue weighted by Gasteiger charge is 2.33. The van der Waals surface area contributed by atoms with Gasteiger partial charge in [-0.1, -0.05) is 23.4 Å². The van der Waals surface area contributed by atoms with E-state index in [4.69, 9.17) is 9.26 Å². The maximum Gasteiger partial charge on any atom is 0.276 e. The van der Waals surface area contributed by atoms with Crippen LogP contribution in [-0.2, 0) is 4.79 Å². The average Bonchev–Trinajstić information content (AvgIpc) is 3.30. The SMILES string of the molecule is O=C(Nc1ccc(Oc2ccccc2)nc1)[C@H]1CCCCN1C(=O)c1ccon1. The van der Waals surface area contributed by atoms with Gasteiger partial charge in [-0.25, -0.2) is 4.98 Å². The minimum Gasteiger partial charge on any atom is -0.439 e. The molecule has 148 valence electrons. The first-order valence-electron chi connectivity index (χ1n) is 9.42. The Hall–Kier alpha value is -3.68. The number of piperidine rings is 1. The number of nitrogens with one attached hydrogen (secondary N) is 1. The number of anilines is 1. The van der Waals surface area contributed by atoms with Gasteiger partial charge in [0, 0.05) is 18.7 Å². The number of ether oxygens (including phenoxy) is 1. The third-order valence-corrected chi connectivity index (χ3v) is 4.69. The van der Waals surface area contributed by atoms with E-state index < -0.39 is 6.04 Å². The Morgan fingerprint density at radius 3 is 2.69 bits per heavy atom. The topological polar surface area (TPSA) is 97.6 Å². The molecule has 1 N–H and O–H groups in total. The molecule has 2 aromatic heterocycles. The Bertz CT molecular complexity index is 958. The summed E-state index contributed by atoms with van der Waals surface area (Å²) in [4.78, 5) is 31.2. The van der Waals surface area contributed by atoms with E-state index in [1.807, 2.05) is 30.3 Å². The summed E-state index contributed by atoms with van der Waals surface area (Å²) < 4.78 is 10.4. The number of benzene rings is 1. The van der Waals surface area contributed by atoms with Crippen LogP contribution in [0.3, 0.4) is 0 Å². The fourth-order valence-electron chi connectivity index (χ4n) is 3.27. The third-order valence-electron chi connectivity index (χ3n) is 4.69. The van der Waals surface area contributed by atoms with Crippen molar-refractivity contribution in [3.8, 4) is 11.6 Å². The Labute approximate surface area is 167 Å². The number of hydrogen-bond donors (Lipinski definition) is 1. The van der Waals surface area contributed by atoms with Crippen LogP contribution in [-0.4, -0.2) is 39.4 Å². The van der Waals surface area contributed by atoms with Crippen molar-refractivity contribution in [3.05, 3.63) is 66.7 Å². The van der Waals surface area contributed by atoms with Crippen LogP contribution in [0.1, 0.15) is 29.8 Å². The molecule has 1 atom stereocenters. The normalized spacial score (nSPS) is 16.3. The summed E-state index contributed by atoms with van der Waals surface area (Å²) in [6.07, 6.45) is 5.20. The van der Waals surface area contributed by atoms with Crippen LogP contribution >= 0.6 is 0 Å². The van der Waals surface area contributed by atoms with Crippen molar-refractivity contribution in [2.24, 2.45) is 0 Å². The molecule has 0 spiro atoms. The number of hydrogen-bond acceptors (Lipinski definition) is 6.